The summed E-state index contributed by atoms with van der Waals surface area (Å²) in [6.45, 7) is 0. The first-order valence-electron chi connectivity index (χ1n) is 5.30. The summed E-state index contributed by atoms with van der Waals surface area (Å²) < 4.78 is 0. The zero-order valence-corrected chi connectivity index (χ0v) is 9.26. The van der Waals surface area contributed by atoms with Crippen LogP contribution in [-0.4, -0.2) is 10.9 Å². The normalized spacial score (nSPS) is 9.88. The van der Waals surface area contributed by atoms with Crippen molar-refractivity contribution in [2.24, 2.45) is 0 Å². The largest absolute Gasteiger partial charge is 0.398 e. The summed E-state index contributed by atoms with van der Waals surface area (Å²) in [6.07, 6.45) is 1.88. The van der Waals surface area contributed by atoms with E-state index < -0.39 is 0 Å². The highest BCUT2D eigenvalue weighted by Gasteiger charge is 2.06. The number of nitrogen functional groups attached to an aromatic ring is 1. The van der Waals surface area contributed by atoms with Crippen LogP contribution in [0, 0.1) is 0 Å². The SMILES string of the molecule is Nc1ccccc1CC(=O)Nc1ccccn1. The van der Waals surface area contributed by atoms with Crippen LogP contribution in [0.25, 0.3) is 0 Å². The van der Waals surface area contributed by atoms with Gasteiger partial charge in [0, 0.05) is 11.9 Å². The second-order valence-corrected chi connectivity index (χ2v) is 3.64. The van der Waals surface area contributed by atoms with Crippen molar-refractivity contribution in [3.63, 3.8) is 0 Å². The van der Waals surface area contributed by atoms with Gasteiger partial charge in [-0.1, -0.05) is 24.3 Å². The molecule has 0 radical (unpaired) electrons. The third-order valence-corrected chi connectivity index (χ3v) is 2.34. The Hall–Kier alpha value is -2.36. The van der Waals surface area contributed by atoms with Crippen molar-refractivity contribution in [2.45, 2.75) is 6.42 Å². The van der Waals surface area contributed by atoms with Crippen molar-refractivity contribution >= 4 is 17.4 Å². The summed E-state index contributed by atoms with van der Waals surface area (Å²) in [5, 5.41) is 2.71. The third-order valence-electron chi connectivity index (χ3n) is 2.34. The third kappa shape index (κ3) is 3.04. The molecule has 4 heteroatoms. The average Bonchev–Trinajstić information content (AvgIpc) is 2.33. The van der Waals surface area contributed by atoms with Crippen LogP contribution in [0.2, 0.25) is 0 Å². The van der Waals surface area contributed by atoms with Crippen molar-refractivity contribution in [2.75, 3.05) is 11.1 Å². The number of carbonyl (C=O) groups is 1. The van der Waals surface area contributed by atoms with Gasteiger partial charge in [-0.2, -0.15) is 0 Å². The molecule has 2 aromatic rings. The molecule has 0 aliphatic carbocycles. The quantitative estimate of drug-likeness (QED) is 0.786. The van der Waals surface area contributed by atoms with Crippen LogP contribution in [0.1, 0.15) is 5.56 Å². The van der Waals surface area contributed by atoms with Gasteiger partial charge in [0.1, 0.15) is 5.82 Å². The molecule has 0 aliphatic rings. The zero-order chi connectivity index (χ0) is 12.1. The van der Waals surface area contributed by atoms with Crippen LogP contribution >= 0.6 is 0 Å². The van der Waals surface area contributed by atoms with Gasteiger partial charge in [-0.05, 0) is 23.8 Å². The van der Waals surface area contributed by atoms with Gasteiger partial charge in [0.25, 0.3) is 0 Å². The minimum Gasteiger partial charge on any atom is -0.398 e. The van der Waals surface area contributed by atoms with Crippen molar-refractivity contribution in [3.8, 4) is 0 Å². The molecule has 17 heavy (non-hydrogen) atoms. The highest BCUT2D eigenvalue weighted by molar-refractivity contribution is 5.92. The fourth-order valence-electron chi connectivity index (χ4n) is 1.49. The Kier molecular flexibility index (Phi) is 3.35. The summed E-state index contributed by atoms with van der Waals surface area (Å²) in [7, 11) is 0. The van der Waals surface area contributed by atoms with Crippen LogP contribution in [0.4, 0.5) is 11.5 Å². The fourth-order valence-corrected chi connectivity index (χ4v) is 1.49. The average molecular weight is 227 g/mol. The number of nitrogens with one attached hydrogen (secondary N) is 1. The first kappa shape index (κ1) is 11.1. The molecule has 1 aromatic heterocycles. The predicted octanol–water partition coefficient (Wildman–Crippen LogP) is 1.84. The van der Waals surface area contributed by atoms with Crippen molar-refractivity contribution in [1.82, 2.24) is 4.98 Å². The molecular formula is C13H13N3O. The number of aromatic nitrogens is 1. The van der Waals surface area contributed by atoms with Crippen molar-refractivity contribution in [3.05, 3.63) is 54.2 Å². The maximum atomic E-state index is 11.7. The lowest BCUT2D eigenvalue weighted by atomic mass is 10.1. The van der Waals surface area contributed by atoms with Crippen LogP contribution in [-0.2, 0) is 11.2 Å². The molecule has 4 nitrogen and oxygen atoms in total. The number of pyridine rings is 1. The zero-order valence-electron chi connectivity index (χ0n) is 9.26. The molecule has 0 saturated carbocycles. The highest BCUT2D eigenvalue weighted by Crippen LogP contribution is 2.11. The Morgan fingerprint density at radius 1 is 1.18 bits per heavy atom. The number of nitrogens with zero attached hydrogens (tertiary/aromatic N) is 1. The van der Waals surface area contributed by atoms with Crippen molar-refractivity contribution in [1.29, 1.82) is 0 Å². The van der Waals surface area contributed by atoms with E-state index in [1.165, 1.54) is 0 Å². The lowest BCUT2D eigenvalue weighted by Gasteiger charge is -2.06. The molecule has 0 fully saturated rings. The van der Waals surface area contributed by atoms with E-state index in [0.29, 0.717) is 11.5 Å². The lowest BCUT2D eigenvalue weighted by molar-refractivity contribution is -0.115. The number of hydrogen-bond donors (Lipinski definition) is 2. The molecular weight excluding hydrogens is 214 g/mol. The molecule has 0 atom stereocenters. The number of anilines is 2. The Morgan fingerprint density at radius 3 is 2.65 bits per heavy atom. The van der Waals surface area contributed by atoms with Gasteiger partial charge in [0.2, 0.25) is 5.91 Å². The Balaban J connectivity index is 2.01. The predicted molar refractivity (Wildman–Crippen MR) is 67.4 cm³/mol. The van der Waals surface area contributed by atoms with E-state index in [9.17, 15) is 4.79 Å². The monoisotopic (exact) mass is 227 g/mol. The second-order valence-electron chi connectivity index (χ2n) is 3.64. The van der Waals surface area contributed by atoms with E-state index in [0.717, 1.165) is 5.56 Å². The van der Waals surface area contributed by atoms with Crippen LogP contribution < -0.4 is 11.1 Å². The number of para-hydroxylation sites is 1. The molecule has 86 valence electrons. The molecule has 0 unspecified atom stereocenters. The maximum Gasteiger partial charge on any atom is 0.230 e. The van der Waals surface area contributed by atoms with Crippen molar-refractivity contribution < 1.29 is 4.79 Å². The van der Waals surface area contributed by atoms with Gasteiger partial charge in [0.05, 0.1) is 6.42 Å². The van der Waals surface area contributed by atoms with Gasteiger partial charge in [-0.15, -0.1) is 0 Å². The van der Waals surface area contributed by atoms with E-state index in [2.05, 4.69) is 10.3 Å². The van der Waals surface area contributed by atoms with E-state index in [1.807, 2.05) is 24.3 Å². The Bertz CT molecular complexity index is 511. The molecule has 1 amide bonds. The van der Waals surface area contributed by atoms with Crippen LogP contribution in [0.3, 0.4) is 0 Å². The number of benzene rings is 1. The topological polar surface area (TPSA) is 68.0 Å². The smallest absolute Gasteiger partial charge is 0.230 e. The Morgan fingerprint density at radius 2 is 1.94 bits per heavy atom. The summed E-state index contributed by atoms with van der Waals surface area (Å²) >= 11 is 0. The minimum atomic E-state index is -0.124. The van der Waals surface area contributed by atoms with Crippen LogP contribution in [0.15, 0.2) is 48.7 Å². The second kappa shape index (κ2) is 5.12. The van der Waals surface area contributed by atoms with Gasteiger partial charge in [0.15, 0.2) is 0 Å². The molecule has 0 aliphatic heterocycles. The van der Waals surface area contributed by atoms with E-state index in [4.69, 9.17) is 5.73 Å². The molecule has 2 rings (SSSR count). The Labute approximate surface area is 99.5 Å². The molecule has 3 N–H and O–H groups in total. The minimum absolute atomic E-state index is 0.124. The first-order chi connectivity index (χ1) is 8.25. The summed E-state index contributed by atoms with van der Waals surface area (Å²) in [5.41, 5.74) is 7.22. The lowest BCUT2D eigenvalue weighted by Crippen LogP contribution is -2.15. The van der Waals surface area contributed by atoms with E-state index >= 15 is 0 Å². The molecule has 0 spiro atoms. The summed E-state index contributed by atoms with van der Waals surface area (Å²) in [4.78, 5) is 15.7. The maximum absolute atomic E-state index is 11.7. The number of carbonyl (C=O) groups excluding carboxylic acids is 1. The highest BCUT2D eigenvalue weighted by atomic mass is 16.1. The standard InChI is InChI=1S/C13H13N3O/c14-11-6-2-1-5-10(11)9-13(17)16-12-7-3-4-8-15-12/h1-8H,9,14H2,(H,15,16,17). The number of nitrogens with two attached hydrogens (primary N) is 1. The fraction of sp³-hybridized carbons (Fsp3) is 0.0769. The van der Waals surface area contributed by atoms with Gasteiger partial charge < -0.3 is 11.1 Å². The van der Waals surface area contributed by atoms with Gasteiger partial charge in [-0.3, -0.25) is 4.79 Å². The first-order valence-corrected chi connectivity index (χ1v) is 5.30. The van der Waals surface area contributed by atoms with E-state index in [1.54, 1.807) is 24.4 Å². The molecule has 0 bridgehead atoms. The number of hydrogen-bond acceptors (Lipinski definition) is 3. The number of rotatable bonds is 3. The summed E-state index contributed by atoms with van der Waals surface area (Å²) in [6, 6.07) is 12.7. The van der Waals surface area contributed by atoms with Gasteiger partial charge >= 0.3 is 0 Å². The van der Waals surface area contributed by atoms with Gasteiger partial charge in [-0.25, -0.2) is 4.98 Å². The molecule has 1 aromatic carbocycles. The molecule has 0 saturated heterocycles. The van der Waals surface area contributed by atoms with E-state index in [-0.39, 0.29) is 12.3 Å². The van der Waals surface area contributed by atoms with Crippen LogP contribution in [0.5, 0.6) is 0 Å². The number of amides is 1. The summed E-state index contributed by atoms with van der Waals surface area (Å²) in [5.74, 6) is 0.425. The molecule has 1 heterocycles.